The van der Waals surface area contributed by atoms with Crippen molar-refractivity contribution in [2.24, 2.45) is 11.8 Å². The van der Waals surface area contributed by atoms with Crippen LogP contribution in [0.15, 0.2) is 36.4 Å². The summed E-state index contributed by atoms with van der Waals surface area (Å²) in [4.78, 5) is 30.4. The predicted octanol–water partition coefficient (Wildman–Crippen LogP) is 5.86. The highest BCUT2D eigenvalue weighted by Gasteiger charge is 2.34. The first kappa shape index (κ1) is 29.7. The maximum absolute atomic E-state index is 13.7. The van der Waals surface area contributed by atoms with Gasteiger partial charge in [-0.15, -0.1) is 0 Å². The zero-order chi connectivity index (χ0) is 28.1. The Kier molecular flexibility index (Phi) is 10.2. The highest BCUT2D eigenvalue weighted by molar-refractivity contribution is 6.42. The lowest BCUT2D eigenvalue weighted by atomic mass is 9.88. The fraction of sp³-hybridized carbons (Fsp3) is 0.533. The maximum Gasteiger partial charge on any atom is 0.258 e. The van der Waals surface area contributed by atoms with E-state index in [1.807, 2.05) is 26.1 Å². The van der Waals surface area contributed by atoms with Crippen LogP contribution in [0, 0.1) is 11.8 Å². The maximum atomic E-state index is 13.7. The second-order valence-electron chi connectivity index (χ2n) is 11.1. The van der Waals surface area contributed by atoms with Crippen molar-refractivity contribution in [3.05, 3.63) is 57.6 Å². The summed E-state index contributed by atoms with van der Waals surface area (Å²) in [5.74, 6) is 0.276. The number of benzene rings is 2. The lowest BCUT2D eigenvalue weighted by Gasteiger charge is -2.38. The molecular weight excluding hydrogens is 537 g/mol. The number of carbonyl (C=O) groups excluding carboxylic acids is 2. The van der Waals surface area contributed by atoms with Crippen molar-refractivity contribution in [3.8, 4) is 5.75 Å². The molecule has 7 nitrogen and oxygen atoms in total. The number of ether oxygens (including phenoxy) is 1. The van der Waals surface area contributed by atoms with Crippen LogP contribution in [0.3, 0.4) is 0 Å². The topological polar surface area (TPSA) is 82.1 Å². The molecule has 4 rings (SSSR count). The number of rotatable bonds is 8. The minimum atomic E-state index is -0.360. The van der Waals surface area contributed by atoms with Gasteiger partial charge in [-0.05, 0) is 62.7 Å². The van der Waals surface area contributed by atoms with Crippen molar-refractivity contribution >= 4 is 40.7 Å². The van der Waals surface area contributed by atoms with E-state index in [-0.39, 0.29) is 42.4 Å². The second kappa shape index (κ2) is 13.4. The van der Waals surface area contributed by atoms with E-state index in [0.29, 0.717) is 46.7 Å². The Morgan fingerprint density at radius 2 is 1.90 bits per heavy atom. The van der Waals surface area contributed by atoms with Crippen LogP contribution in [-0.2, 0) is 11.3 Å². The van der Waals surface area contributed by atoms with Crippen molar-refractivity contribution in [1.82, 2.24) is 9.80 Å². The first-order valence-corrected chi connectivity index (χ1v) is 14.6. The van der Waals surface area contributed by atoms with E-state index in [1.165, 1.54) is 6.42 Å². The molecule has 1 heterocycles. The van der Waals surface area contributed by atoms with Gasteiger partial charge >= 0.3 is 0 Å². The van der Waals surface area contributed by atoms with Crippen molar-refractivity contribution in [2.45, 2.75) is 64.6 Å². The van der Waals surface area contributed by atoms with Crippen LogP contribution >= 0.6 is 23.2 Å². The number of nitrogens with one attached hydrogen (secondary N) is 1. The molecule has 212 valence electrons. The largest absolute Gasteiger partial charge is 0.488 e. The third kappa shape index (κ3) is 7.46. The number of hydrogen-bond donors (Lipinski definition) is 2. The van der Waals surface area contributed by atoms with Crippen molar-refractivity contribution in [1.29, 1.82) is 0 Å². The van der Waals surface area contributed by atoms with Crippen LogP contribution in [0.5, 0.6) is 5.75 Å². The predicted molar refractivity (Wildman–Crippen MR) is 156 cm³/mol. The first-order valence-electron chi connectivity index (χ1n) is 13.8. The fourth-order valence-electron chi connectivity index (χ4n) is 5.45. The standard InChI is InChI=1S/C30H39Cl2N3O4/c1-19-15-35(20(2)18-36)30(38)24-14-23(33-29(37)22-7-5-4-6-8-22)10-12-27(24)39-28(19)17-34(3)16-21-9-11-25(31)26(32)13-21/h9-14,19-20,22,28,36H,4-8,15-18H2,1-3H3,(H,33,37)/t19-,20+,28-/m1/s1. The molecule has 1 aliphatic carbocycles. The summed E-state index contributed by atoms with van der Waals surface area (Å²) in [6, 6.07) is 10.5. The summed E-state index contributed by atoms with van der Waals surface area (Å²) < 4.78 is 6.50. The lowest BCUT2D eigenvalue weighted by Crippen LogP contribution is -2.49. The Labute approximate surface area is 241 Å². The van der Waals surface area contributed by atoms with E-state index in [0.717, 1.165) is 31.2 Å². The number of anilines is 1. The monoisotopic (exact) mass is 575 g/mol. The van der Waals surface area contributed by atoms with Crippen LogP contribution in [0.2, 0.25) is 10.0 Å². The third-order valence-electron chi connectivity index (χ3n) is 7.84. The minimum Gasteiger partial charge on any atom is -0.488 e. The molecule has 0 unspecified atom stereocenters. The Balaban J connectivity index is 1.56. The molecule has 0 radical (unpaired) electrons. The molecule has 3 atom stereocenters. The van der Waals surface area contributed by atoms with Gasteiger partial charge in [-0.3, -0.25) is 14.5 Å². The molecule has 1 saturated carbocycles. The number of fused-ring (bicyclic) bond motifs is 1. The van der Waals surface area contributed by atoms with Gasteiger partial charge in [-0.25, -0.2) is 0 Å². The van der Waals surface area contributed by atoms with Crippen LogP contribution in [0.4, 0.5) is 5.69 Å². The molecule has 1 fully saturated rings. The SMILES string of the molecule is C[C@@H]1CN([C@@H](C)CO)C(=O)c2cc(NC(=O)C3CCCCC3)ccc2O[C@@H]1CN(C)Cc1ccc(Cl)c(Cl)c1. The average Bonchev–Trinajstić information content (AvgIpc) is 2.93. The number of likely N-dealkylation sites (N-methyl/N-ethyl adjacent to an activating group) is 1. The van der Waals surface area contributed by atoms with Gasteiger partial charge in [0.25, 0.3) is 5.91 Å². The molecule has 39 heavy (non-hydrogen) atoms. The van der Waals surface area contributed by atoms with Gasteiger partial charge in [0.2, 0.25) is 5.91 Å². The average molecular weight is 577 g/mol. The number of hydrogen-bond acceptors (Lipinski definition) is 5. The zero-order valence-electron chi connectivity index (χ0n) is 23.0. The number of nitrogens with zero attached hydrogens (tertiary/aromatic N) is 2. The number of aliphatic hydroxyl groups excluding tert-OH is 1. The second-order valence-corrected chi connectivity index (χ2v) is 11.9. The van der Waals surface area contributed by atoms with Gasteiger partial charge in [0.1, 0.15) is 11.9 Å². The molecule has 2 aliphatic rings. The summed E-state index contributed by atoms with van der Waals surface area (Å²) in [7, 11) is 2.02. The summed E-state index contributed by atoms with van der Waals surface area (Å²) in [6.45, 7) is 5.45. The third-order valence-corrected chi connectivity index (χ3v) is 8.58. The molecule has 1 aliphatic heterocycles. The van der Waals surface area contributed by atoms with Crippen LogP contribution in [-0.4, -0.2) is 65.6 Å². The van der Waals surface area contributed by atoms with E-state index in [4.69, 9.17) is 27.9 Å². The highest BCUT2D eigenvalue weighted by Crippen LogP contribution is 2.32. The van der Waals surface area contributed by atoms with E-state index >= 15 is 0 Å². The van der Waals surface area contributed by atoms with Gasteiger partial charge in [-0.1, -0.05) is 55.5 Å². The minimum absolute atomic E-state index is 0.00182. The molecular formula is C30H39Cl2N3O4. The molecule has 2 aromatic carbocycles. The van der Waals surface area contributed by atoms with Gasteiger partial charge in [0, 0.05) is 37.2 Å². The quantitative estimate of drug-likeness (QED) is 0.411. The molecule has 0 spiro atoms. The van der Waals surface area contributed by atoms with Gasteiger partial charge < -0.3 is 20.1 Å². The fourth-order valence-corrected chi connectivity index (χ4v) is 5.77. The Bertz CT molecular complexity index is 1170. The molecule has 2 amide bonds. The number of amides is 2. The van der Waals surface area contributed by atoms with Crippen LogP contribution in [0.25, 0.3) is 0 Å². The Morgan fingerprint density at radius 3 is 2.59 bits per heavy atom. The molecule has 0 saturated heterocycles. The van der Waals surface area contributed by atoms with E-state index in [2.05, 4.69) is 17.1 Å². The summed E-state index contributed by atoms with van der Waals surface area (Å²) >= 11 is 12.3. The van der Waals surface area contributed by atoms with Crippen LogP contribution in [0.1, 0.15) is 61.9 Å². The van der Waals surface area contributed by atoms with E-state index in [1.54, 1.807) is 29.2 Å². The van der Waals surface area contributed by atoms with Gasteiger partial charge in [-0.2, -0.15) is 0 Å². The van der Waals surface area contributed by atoms with Crippen LogP contribution < -0.4 is 10.1 Å². The molecule has 0 aromatic heterocycles. The summed E-state index contributed by atoms with van der Waals surface area (Å²) in [6.07, 6.45) is 4.89. The highest BCUT2D eigenvalue weighted by atomic mass is 35.5. The Hall–Kier alpha value is -2.32. The molecule has 2 aromatic rings. The van der Waals surface area contributed by atoms with Crippen molar-refractivity contribution < 1.29 is 19.4 Å². The number of aliphatic hydroxyl groups is 1. The zero-order valence-corrected chi connectivity index (χ0v) is 24.5. The molecule has 9 heteroatoms. The van der Waals surface area contributed by atoms with Gasteiger partial charge in [0.05, 0.1) is 28.3 Å². The van der Waals surface area contributed by atoms with E-state index in [9.17, 15) is 14.7 Å². The van der Waals surface area contributed by atoms with Crippen molar-refractivity contribution in [2.75, 3.05) is 32.1 Å². The van der Waals surface area contributed by atoms with Crippen molar-refractivity contribution in [3.63, 3.8) is 0 Å². The number of halogens is 2. The number of carbonyl (C=O) groups is 2. The molecule has 0 bridgehead atoms. The molecule has 2 N–H and O–H groups in total. The first-order chi connectivity index (χ1) is 18.7. The van der Waals surface area contributed by atoms with Gasteiger partial charge in [0.15, 0.2) is 0 Å². The smallest absolute Gasteiger partial charge is 0.258 e. The summed E-state index contributed by atoms with van der Waals surface area (Å²) in [5.41, 5.74) is 2.01. The lowest BCUT2D eigenvalue weighted by molar-refractivity contribution is -0.120. The van der Waals surface area contributed by atoms with E-state index < -0.39 is 0 Å². The Morgan fingerprint density at radius 1 is 1.15 bits per heavy atom. The summed E-state index contributed by atoms with van der Waals surface area (Å²) in [5, 5.41) is 14.0. The normalized spacial score (nSPS) is 21.1.